The fourth-order valence-corrected chi connectivity index (χ4v) is 9.63. The Morgan fingerprint density at radius 1 is 1.07 bits per heavy atom. The number of carbonyl (C=O) groups excluding carboxylic acids is 4. The van der Waals surface area contributed by atoms with Crippen LogP contribution in [0.2, 0.25) is 0 Å². The zero-order valence-corrected chi connectivity index (χ0v) is 34.0. The van der Waals surface area contributed by atoms with Gasteiger partial charge in [-0.15, -0.1) is 13.2 Å². The van der Waals surface area contributed by atoms with Crippen LogP contribution in [0.25, 0.3) is 10.9 Å². The van der Waals surface area contributed by atoms with Gasteiger partial charge in [0.05, 0.1) is 22.5 Å². The van der Waals surface area contributed by atoms with Crippen molar-refractivity contribution in [3.8, 4) is 11.5 Å². The smallest absolute Gasteiger partial charge is 0.483 e. The Hall–Kier alpha value is -4.61. The normalized spacial score (nSPS) is 29.0. The lowest BCUT2D eigenvalue weighted by atomic mass is 9.87. The highest BCUT2D eigenvalue weighted by molar-refractivity contribution is 7.91. The predicted octanol–water partition coefficient (Wildman–Crippen LogP) is 5.39. The fourth-order valence-electron chi connectivity index (χ4n) is 8.32. The first-order valence-electron chi connectivity index (χ1n) is 19.8. The zero-order valence-electron chi connectivity index (χ0n) is 33.2. The molecule has 2 aliphatic carbocycles. The summed E-state index contributed by atoms with van der Waals surface area (Å²) in [7, 11) is -4.05. The van der Waals surface area contributed by atoms with Crippen LogP contribution in [-0.2, 0) is 35.6 Å². The lowest BCUT2D eigenvalue weighted by Crippen LogP contribution is -2.58. The molecule has 1 aromatic carbocycles. The number of aromatic nitrogens is 1. The molecule has 3 aliphatic heterocycles. The maximum atomic E-state index is 14.7. The van der Waals surface area contributed by atoms with Crippen molar-refractivity contribution in [3.63, 3.8) is 0 Å². The van der Waals surface area contributed by atoms with Crippen LogP contribution in [0.4, 0.5) is 18.0 Å². The van der Waals surface area contributed by atoms with Crippen LogP contribution in [0.1, 0.15) is 103 Å². The second-order valence-electron chi connectivity index (χ2n) is 17.6. The van der Waals surface area contributed by atoms with Gasteiger partial charge in [0.1, 0.15) is 40.3 Å². The molecule has 2 saturated carbocycles. The number of nitrogens with one attached hydrogen (secondary N) is 3. The van der Waals surface area contributed by atoms with E-state index in [0.717, 1.165) is 6.42 Å². The number of halogens is 3. The van der Waals surface area contributed by atoms with E-state index >= 15 is 0 Å². The van der Waals surface area contributed by atoms with E-state index in [0.29, 0.717) is 60.0 Å². The molecule has 3 fully saturated rings. The molecular formula is C40H50F3N5O9S. The van der Waals surface area contributed by atoms with Gasteiger partial charge in [-0.05, 0) is 104 Å². The summed E-state index contributed by atoms with van der Waals surface area (Å²) in [6, 6.07) is 1.56. The van der Waals surface area contributed by atoms with E-state index in [2.05, 4.69) is 25.1 Å². The summed E-state index contributed by atoms with van der Waals surface area (Å²) in [6.45, 7) is 8.22. The Morgan fingerprint density at radius 2 is 1.81 bits per heavy atom. The Bertz CT molecular complexity index is 2170. The van der Waals surface area contributed by atoms with Crippen LogP contribution >= 0.6 is 0 Å². The number of benzene rings is 1. The quantitative estimate of drug-likeness (QED) is 0.331. The Morgan fingerprint density at radius 3 is 2.50 bits per heavy atom. The third-order valence-corrected chi connectivity index (χ3v) is 14.0. The number of hydrogen-bond donors (Lipinski definition) is 3. The molecule has 0 bridgehead atoms. The zero-order chi connectivity index (χ0) is 42.1. The largest absolute Gasteiger partial charge is 0.573 e. The number of amides is 4. The first-order chi connectivity index (χ1) is 27.0. The number of sulfonamides is 1. The topological polar surface area (TPSA) is 182 Å². The lowest BCUT2D eigenvalue weighted by molar-refractivity contribution is -0.274. The van der Waals surface area contributed by atoms with Gasteiger partial charge >= 0.3 is 12.5 Å². The van der Waals surface area contributed by atoms with Crippen LogP contribution in [0.15, 0.2) is 30.4 Å². The number of nitrogens with zero attached hydrogens (tertiary/aromatic N) is 2. The standard InChI is InChI=1S/C40H50F3N5O9S/c1-23-31-26(27-19-25(55-40(41,42)43)13-14-28(27)44-23)15-16-38(56-31)21-30-32(49)46-39(34(51)47-58(53,54)37(5)17-18-37)20-24(39)11-9-7-6-8-10-12-29(33(50)48(30)22-38)45-35(52)57-36(2,3)4/h9,11,13-14,19,24,29-30H,6-8,10,12,15-18,20-22H2,1-5H3,(H,45,52)(H,46,49)(H,47,51)/b11-9-/t24-,29+,30+,38-,39-/m1/s1. The molecule has 0 unspecified atom stereocenters. The van der Waals surface area contributed by atoms with Gasteiger partial charge in [-0.25, -0.2) is 18.2 Å². The van der Waals surface area contributed by atoms with Crippen molar-refractivity contribution < 1.29 is 55.0 Å². The molecule has 5 aliphatic rings. The summed E-state index contributed by atoms with van der Waals surface area (Å²) < 4.78 is 83.4. The minimum atomic E-state index is -4.91. The molecule has 1 spiro atoms. The summed E-state index contributed by atoms with van der Waals surface area (Å²) in [4.78, 5) is 62.3. The second-order valence-corrected chi connectivity index (χ2v) is 19.8. The Kier molecular flexibility index (Phi) is 10.4. The molecule has 2 aromatic rings. The third-order valence-electron chi connectivity index (χ3n) is 11.9. The molecule has 4 heterocycles. The number of pyridine rings is 1. The molecule has 1 aromatic heterocycles. The van der Waals surface area contributed by atoms with Crippen LogP contribution in [0.3, 0.4) is 0 Å². The first kappa shape index (κ1) is 41.5. The Labute approximate surface area is 335 Å². The van der Waals surface area contributed by atoms with Gasteiger partial charge in [-0.2, -0.15) is 0 Å². The number of alkyl carbamates (subject to hydrolysis) is 1. The number of fused-ring (bicyclic) bond motifs is 5. The lowest BCUT2D eigenvalue weighted by Gasteiger charge is -2.36. The van der Waals surface area contributed by atoms with E-state index in [4.69, 9.17) is 9.47 Å². The van der Waals surface area contributed by atoms with Crippen molar-refractivity contribution in [2.45, 2.75) is 145 Å². The predicted molar refractivity (Wildman–Crippen MR) is 204 cm³/mol. The van der Waals surface area contributed by atoms with Gasteiger partial charge in [0.25, 0.3) is 5.91 Å². The number of hydrogen-bond acceptors (Lipinski definition) is 10. The maximum absolute atomic E-state index is 14.7. The number of carbonyl (C=O) groups is 4. The van der Waals surface area contributed by atoms with E-state index in [1.165, 1.54) is 23.1 Å². The van der Waals surface area contributed by atoms with E-state index in [1.807, 2.05) is 12.2 Å². The summed E-state index contributed by atoms with van der Waals surface area (Å²) in [6.07, 6.45) is 2.33. The number of aryl methyl sites for hydroxylation is 2. The van der Waals surface area contributed by atoms with E-state index in [9.17, 15) is 40.8 Å². The minimum Gasteiger partial charge on any atom is -0.483 e. The molecular weight excluding hydrogens is 784 g/mol. The van der Waals surface area contributed by atoms with Gasteiger partial charge in [0.15, 0.2) is 0 Å². The third kappa shape index (κ3) is 8.43. The highest BCUT2D eigenvalue weighted by Gasteiger charge is 2.64. The van der Waals surface area contributed by atoms with Gasteiger partial charge in [0, 0.05) is 23.3 Å². The number of rotatable bonds is 5. The van der Waals surface area contributed by atoms with E-state index < -0.39 is 85.4 Å². The molecule has 0 radical (unpaired) electrons. The van der Waals surface area contributed by atoms with Gasteiger partial charge in [0.2, 0.25) is 21.8 Å². The molecule has 58 heavy (non-hydrogen) atoms. The van der Waals surface area contributed by atoms with Crippen molar-refractivity contribution in [3.05, 3.63) is 41.6 Å². The van der Waals surface area contributed by atoms with Crippen molar-refractivity contribution in [2.24, 2.45) is 5.92 Å². The molecule has 3 N–H and O–H groups in total. The summed E-state index contributed by atoms with van der Waals surface area (Å²) in [5.41, 5.74) is -2.17. The SMILES string of the molecule is Cc1nc2ccc(OC(F)(F)F)cc2c2c1O[C@]1(CC2)C[C@H]2C(=O)N[C@]3(C(=O)NS(=O)(=O)C4(C)CC4)C[C@H]3/C=C\CCCCC[C@H](NC(=O)OC(C)(C)C)C(=O)N2C1. The van der Waals surface area contributed by atoms with Crippen molar-refractivity contribution >= 4 is 44.7 Å². The van der Waals surface area contributed by atoms with Gasteiger partial charge in [-0.1, -0.05) is 25.0 Å². The van der Waals surface area contributed by atoms with Crippen LogP contribution < -0.4 is 24.8 Å². The van der Waals surface area contributed by atoms with Crippen LogP contribution in [0, 0.1) is 12.8 Å². The first-order valence-corrected chi connectivity index (χ1v) is 21.2. The Balaban J connectivity index is 1.24. The van der Waals surface area contributed by atoms with Crippen LogP contribution in [-0.4, -0.2) is 88.6 Å². The highest BCUT2D eigenvalue weighted by atomic mass is 32.2. The number of ether oxygens (including phenoxy) is 3. The average Bonchev–Trinajstić information content (AvgIpc) is 4.00. The number of allylic oxidation sites excluding steroid dienone is 1. The molecule has 18 heteroatoms. The fraction of sp³-hybridized carbons (Fsp3) is 0.625. The molecule has 1 saturated heterocycles. The number of alkyl halides is 3. The minimum absolute atomic E-state index is 0.0492. The molecule has 7 rings (SSSR count). The molecule has 14 nitrogen and oxygen atoms in total. The van der Waals surface area contributed by atoms with Crippen LogP contribution in [0.5, 0.6) is 11.5 Å². The summed E-state index contributed by atoms with van der Waals surface area (Å²) in [5, 5.41) is 5.98. The van der Waals surface area contributed by atoms with E-state index in [1.54, 1.807) is 34.6 Å². The molecule has 316 valence electrons. The van der Waals surface area contributed by atoms with Gasteiger partial charge in [-0.3, -0.25) is 19.1 Å². The summed E-state index contributed by atoms with van der Waals surface area (Å²) >= 11 is 0. The van der Waals surface area contributed by atoms with Crippen molar-refractivity contribution in [1.29, 1.82) is 0 Å². The summed E-state index contributed by atoms with van der Waals surface area (Å²) in [5.74, 6) is -2.74. The maximum Gasteiger partial charge on any atom is 0.573 e. The highest BCUT2D eigenvalue weighted by Crippen LogP contribution is 2.49. The molecule has 5 atom stereocenters. The molecule has 4 amide bonds. The monoisotopic (exact) mass is 833 g/mol. The van der Waals surface area contributed by atoms with Gasteiger partial charge < -0.3 is 29.7 Å². The van der Waals surface area contributed by atoms with Crippen molar-refractivity contribution in [1.82, 2.24) is 25.2 Å². The second kappa shape index (κ2) is 14.6. The van der Waals surface area contributed by atoms with Crippen molar-refractivity contribution in [2.75, 3.05) is 6.54 Å². The van der Waals surface area contributed by atoms with E-state index in [-0.39, 0.29) is 38.6 Å². The average molecular weight is 834 g/mol.